The summed E-state index contributed by atoms with van der Waals surface area (Å²) in [5.41, 5.74) is -0.249. The first-order valence-corrected chi connectivity index (χ1v) is 17.8. The normalized spacial score (nSPS) is 25.4. The van der Waals surface area contributed by atoms with Crippen LogP contribution in [0.1, 0.15) is 57.4 Å². The number of aliphatic hydroxyl groups is 1. The second kappa shape index (κ2) is 14.7. The van der Waals surface area contributed by atoms with Gasteiger partial charge >= 0.3 is 0 Å². The summed E-state index contributed by atoms with van der Waals surface area (Å²) in [5, 5.41) is 11.4. The molecular weight excluding hydrogens is 614 g/mol. The van der Waals surface area contributed by atoms with E-state index in [0.717, 1.165) is 34.9 Å². The third-order valence-electron chi connectivity index (χ3n) is 11.0. The molecule has 5 atom stereocenters. The second-order valence-electron chi connectivity index (χ2n) is 13.8. The lowest BCUT2D eigenvalue weighted by atomic mass is 9.64. The van der Waals surface area contributed by atoms with Crippen LogP contribution in [0.25, 0.3) is 10.8 Å². The number of hydrogen-bond acceptors (Lipinski definition) is 5. The molecule has 8 heteroatoms. The number of anilines is 1. The highest BCUT2D eigenvalue weighted by molar-refractivity contribution is 6.06. The van der Waals surface area contributed by atoms with Crippen molar-refractivity contribution in [3.05, 3.63) is 104 Å². The van der Waals surface area contributed by atoms with Crippen LogP contribution in [0.4, 0.5) is 5.69 Å². The fourth-order valence-corrected chi connectivity index (χ4v) is 8.69. The average Bonchev–Trinajstić information content (AvgIpc) is 3.73. The van der Waals surface area contributed by atoms with Crippen LogP contribution in [0.2, 0.25) is 0 Å². The highest BCUT2D eigenvalue weighted by Crippen LogP contribution is 2.64. The van der Waals surface area contributed by atoms with E-state index in [1.807, 2.05) is 79.7 Å². The van der Waals surface area contributed by atoms with Gasteiger partial charge in [0.15, 0.2) is 0 Å². The third-order valence-corrected chi connectivity index (χ3v) is 11.0. The van der Waals surface area contributed by atoms with Gasteiger partial charge in [0.2, 0.25) is 11.8 Å². The number of hydrogen-bond donors (Lipinski definition) is 1. The van der Waals surface area contributed by atoms with Crippen molar-refractivity contribution in [2.45, 2.75) is 75.7 Å². The van der Waals surface area contributed by atoms with Gasteiger partial charge < -0.3 is 24.5 Å². The first-order valence-electron chi connectivity index (χ1n) is 17.8. The molecule has 3 aromatic carbocycles. The van der Waals surface area contributed by atoms with E-state index in [1.165, 1.54) is 0 Å². The lowest BCUT2D eigenvalue weighted by molar-refractivity contribution is -0.151. The summed E-state index contributed by atoms with van der Waals surface area (Å²) in [5.74, 6) is -2.01. The monoisotopic (exact) mass is 663 g/mol. The molecule has 3 heterocycles. The Kier molecular flexibility index (Phi) is 10.4. The van der Waals surface area contributed by atoms with E-state index in [0.29, 0.717) is 51.7 Å². The van der Waals surface area contributed by atoms with Gasteiger partial charge in [-0.25, -0.2) is 0 Å². The van der Waals surface area contributed by atoms with Crippen LogP contribution in [0.3, 0.4) is 0 Å². The number of rotatable bonds is 16. The molecule has 6 rings (SSSR count). The third kappa shape index (κ3) is 6.21. The van der Waals surface area contributed by atoms with Gasteiger partial charge in [0.05, 0.1) is 17.4 Å². The van der Waals surface area contributed by atoms with Crippen LogP contribution in [0.15, 0.2) is 98.1 Å². The molecule has 3 aromatic rings. The quantitative estimate of drug-likeness (QED) is 0.144. The predicted molar refractivity (Wildman–Crippen MR) is 193 cm³/mol. The zero-order valence-electron chi connectivity index (χ0n) is 28.6. The van der Waals surface area contributed by atoms with Crippen LogP contribution in [-0.4, -0.2) is 76.1 Å². The first kappa shape index (κ1) is 34.6. The molecule has 3 saturated heterocycles. The molecule has 0 saturated carbocycles. The summed E-state index contributed by atoms with van der Waals surface area (Å²) in [6.45, 7) is 11.4. The minimum absolute atomic E-state index is 0.123. The Labute approximate surface area is 290 Å². The Morgan fingerprint density at radius 1 is 0.918 bits per heavy atom. The zero-order chi connectivity index (χ0) is 34.6. The fourth-order valence-electron chi connectivity index (χ4n) is 8.69. The van der Waals surface area contributed by atoms with Crippen molar-refractivity contribution in [1.82, 2.24) is 9.80 Å². The Morgan fingerprint density at radius 3 is 2.35 bits per heavy atom. The summed E-state index contributed by atoms with van der Waals surface area (Å²) in [7, 11) is 0. The summed E-state index contributed by atoms with van der Waals surface area (Å²) < 4.78 is 7.10. The number of carbonyl (C=O) groups excluding carboxylic acids is 3. The van der Waals surface area contributed by atoms with Crippen molar-refractivity contribution < 1.29 is 24.2 Å². The van der Waals surface area contributed by atoms with E-state index in [2.05, 4.69) is 13.2 Å². The average molecular weight is 664 g/mol. The largest absolute Gasteiger partial charge is 0.396 e. The predicted octanol–water partition coefficient (Wildman–Crippen LogP) is 6.28. The topological polar surface area (TPSA) is 90.4 Å². The van der Waals surface area contributed by atoms with Gasteiger partial charge in [-0.15, -0.1) is 13.2 Å². The number of nitrogens with zero attached hydrogens (tertiary/aromatic N) is 3. The van der Waals surface area contributed by atoms with Crippen LogP contribution in [-0.2, 0) is 25.7 Å². The zero-order valence-corrected chi connectivity index (χ0v) is 28.6. The number of ether oxygens (including phenoxy) is 1. The second-order valence-corrected chi connectivity index (χ2v) is 13.8. The molecule has 2 unspecified atom stereocenters. The van der Waals surface area contributed by atoms with Crippen LogP contribution in [0.5, 0.6) is 0 Å². The number of fused-ring (bicyclic) bond motifs is 2. The van der Waals surface area contributed by atoms with Crippen molar-refractivity contribution in [1.29, 1.82) is 0 Å². The Bertz CT molecular complexity index is 1690. The van der Waals surface area contributed by atoms with E-state index in [1.54, 1.807) is 26.9 Å². The minimum Gasteiger partial charge on any atom is -0.396 e. The number of carbonyl (C=O) groups is 3. The lowest BCUT2D eigenvalue weighted by Crippen LogP contribution is -2.56. The van der Waals surface area contributed by atoms with E-state index >= 15 is 4.79 Å². The van der Waals surface area contributed by atoms with Crippen molar-refractivity contribution in [3.63, 3.8) is 0 Å². The standard InChI is InChI=1S/C41H49N3O5/c1-4-24-42(29-30-16-10-9-11-17-30)37(46)34-35-38(47)44(26-14-7-8-15-27-45)36(41(35)23-22-40(34,6-3)49-41)39(48)43(25-5-2)33-21-20-31-18-12-13-19-32(31)28-33/h4-5,9-13,16-21,28,34-36,45H,1-2,6-8,14-15,22-27,29H2,3H3/t34-,35-,36?,40+,41?/m0/s1. The molecular formula is C41H49N3O5. The van der Waals surface area contributed by atoms with E-state index in [-0.39, 0.29) is 30.9 Å². The van der Waals surface area contributed by atoms with Crippen LogP contribution < -0.4 is 4.90 Å². The maximum atomic E-state index is 15.1. The molecule has 3 amide bonds. The molecule has 0 radical (unpaired) electrons. The number of unbranched alkanes of at least 4 members (excludes halogenated alkanes) is 3. The fraction of sp³-hybridized carbons (Fsp3) is 0.439. The molecule has 3 aliphatic rings. The SMILES string of the molecule is C=CCN(Cc1ccccc1)C(=O)[C@@H]1[C@H]2C(=O)N(CCCCCCO)C(C(=O)N(CC=C)c3ccc4ccccc4c3)C23CC[C@@]1(CC)O3. The Morgan fingerprint density at radius 2 is 1.63 bits per heavy atom. The van der Waals surface area contributed by atoms with Gasteiger partial charge in [0.1, 0.15) is 11.6 Å². The van der Waals surface area contributed by atoms with Gasteiger partial charge in [-0.1, -0.05) is 92.6 Å². The molecule has 49 heavy (non-hydrogen) atoms. The summed E-state index contributed by atoms with van der Waals surface area (Å²) in [4.78, 5) is 49.9. The van der Waals surface area contributed by atoms with Crippen molar-refractivity contribution in [2.24, 2.45) is 11.8 Å². The highest BCUT2D eigenvalue weighted by Gasteiger charge is 2.79. The molecule has 258 valence electrons. The van der Waals surface area contributed by atoms with Gasteiger partial charge in [0, 0.05) is 38.5 Å². The molecule has 0 aromatic heterocycles. The number of benzene rings is 3. The number of likely N-dealkylation sites (tertiary alicyclic amines) is 1. The number of aliphatic hydroxyl groups excluding tert-OH is 1. The lowest BCUT2D eigenvalue weighted by Gasteiger charge is -2.37. The van der Waals surface area contributed by atoms with Crippen molar-refractivity contribution in [2.75, 3.05) is 31.1 Å². The summed E-state index contributed by atoms with van der Waals surface area (Å²) >= 11 is 0. The smallest absolute Gasteiger partial charge is 0.253 e. The van der Waals surface area contributed by atoms with Crippen molar-refractivity contribution in [3.8, 4) is 0 Å². The minimum atomic E-state index is -1.13. The molecule has 1 N–H and O–H groups in total. The molecule has 2 bridgehead atoms. The summed E-state index contributed by atoms with van der Waals surface area (Å²) in [6.07, 6.45) is 8.14. The maximum Gasteiger partial charge on any atom is 0.253 e. The van der Waals surface area contributed by atoms with Gasteiger partial charge in [0.25, 0.3) is 5.91 Å². The van der Waals surface area contributed by atoms with Crippen molar-refractivity contribution >= 4 is 34.2 Å². The van der Waals surface area contributed by atoms with Crippen LogP contribution >= 0.6 is 0 Å². The molecule has 3 aliphatic heterocycles. The highest BCUT2D eigenvalue weighted by atomic mass is 16.5. The van der Waals surface area contributed by atoms with E-state index < -0.39 is 29.1 Å². The number of amides is 3. The van der Waals surface area contributed by atoms with Gasteiger partial charge in [-0.3, -0.25) is 14.4 Å². The Balaban J connectivity index is 1.40. The maximum absolute atomic E-state index is 15.1. The van der Waals surface area contributed by atoms with Crippen LogP contribution in [0, 0.1) is 11.8 Å². The van der Waals surface area contributed by atoms with E-state index in [9.17, 15) is 14.7 Å². The summed E-state index contributed by atoms with van der Waals surface area (Å²) in [6, 6.07) is 22.9. The molecule has 0 aliphatic carbocycles. The molecule has 8 nitrogen and oxygen atoms in total. The van der Waals surface area contributed by atoms with Gasteiger partial charge in [-0.2, -0.15) is 0 Å². The molecule has 3 fully saturated rings. The molecule has 1 spiro atoms. The Hall–Kier alpha value is -4.27. The van der Waals surface area contributed by atoms with E-state index in [4.69, 9.17) is 4.74 Å². The first-order chi connectivity index (χ1) is 23.8. The van der Waals surface area contributed by atoms with Gasteiger partial charge in [-0.05, 0) is 60.6 Å².